The van der Waals surface area contributed by atoms with E-state index in [4.69, 9.17) is 15.3 Å². The molecule has 1 aromatic rings. The molecule has 0 spiro atoms. The molecule has 7 nitrogen and oxygen atoms in total. The standard InChI is InChI=1S/C13H15NO6/c15-10-3-1-9(2-4-10)14-11(16)5-8(6-12(17)18)7-13(19)20/h1-4,8,15H,5-7H2,(H,14,16)(H,17,18)(H,19,20). The van der Waals surface area contributed by atoms with Gasteiger partial charge in [0.2, 0.25) is 5.91 Å². The Morgan fingerprint density at radius 2 is 1.45 bits per heavy atom. The van der Waals surface area contributed by atoms with Crippen molar-refractivity contribution in [1.29, 1.82) is 0 Å². The van der Waals surface area contributed by atoms with Crippen LogP contribution in [0.3, 0.4) is 0 Å². The number of carboxylic acids is 2. The summed E-state index contributed by atoms with van der Waals surface area (Å²) in [5.74, 6) is -3.47. The number of phenolic OH excluding ortho intramolecular Hbond substituents is 1. The molecule has 0 saturated carbocycles. The zero-order valence-electron chi connectivity index (χ0n) is 10.6. The summed E-state index contributed by atoms with van der Waals surface area (Å²) in [4.78, 5) is 32.9. The van der Waals surface area contributed by atoms with Crippen molar-refractivity contribution in [2.24, 2.45) is 5.92 Å². The summed E-state index contributed by atoms with van der Waals surface area (Å²) in [6.45, 7) is 0. The van der Waals surface area contributed by atoms with Gasteiger partial charge in [0, 0.05) is 24.9 Å². The van der Waals surface area contributed by atoms with Crippen molar-refractivity contribution < 1.29 is 29.7 Å². The van der Waals surface area contributed by atoms with E-state index in [9.17, 15) is 14.4 Å². The molecule has 0 bridgehead atoms. The Bertz CT molecular complexity index is 480. The molecule has 1 aromatic carbocycles. The van der Waals surface area contributed by atoms with Gasteiger partial charge in [-0.3, -0.25) is 14.4 Å². The molecule has 0 aliphatic carbocycles. The molecule has 0 unspecified atom stereocenters. The second-order valence-corrected chi connectivity index (χ2v) is 4.36. The Labute approximate surface area is 114 Å². The minimum atomic E-state index is -1.14. The molecule has 0 fully saturated rings. The van der Waals surface area contributed by atoms with Crippen molar-refractivity contribution >= 4 is 23.5 Å². The van der Waals surface area contributed by atoms with E-state index in [2.05, 4.69) is 5.32 Å². The van der Waals surface area contributed by atoms with Crippen LogP contribution in [-0.2, 0) is 14.4 Å². The summed E-state index contributed by atoms with van der Waals surface area (Å²) in [6.07, 6.45) is -0.954. The van der Waals surface area contributed by atoms with Crippen LogP contribution in [0, 0.1) is 5.92 Å². The normalized spacial score (nSPS) is 10.2. The van der Waals surface area contributed by atoms with Crippen molar-refractivity contribution in [2.45, 2.75) is 19.3 Å². The number of carbonyl (C=O) groups excluding carboxylic acids is 1. The molecule has 0 aliphatic rings. The number of nitrogens with one attached hydrogen (secondary N) is 1. The van der Waals surface area contributed by atoms with E-state index in [1.165, 1.54) is 24.3 Å². The molecule has 0 heterocycles. The van der Waals surface area contributed by atoms with Crippen molar-refractivity contribution in [3.8, 4) is 5.75 Å². The number of aliphatic carboxylic acids is 2. The number of carbonyl (C=O) groups is 3. The minimum Gasteiger partial charge on any atom is -0.508 e. The number of hydrogen-bond acceptors (Lipinski definition) is 4. The van der Waals surface area contributed by atoms with Crippen molar-refractivity contribution in [3.63, 3.8) is 0 Å². The average Bonchev–Trinajstić information content (AvgIpc) is 2.30. The molecular weight excluding hydrogens is 266 g/mol. The summed E-state index contributed by atoms with van der Waals surface area (Å²) in [6, 6.07) is 5.75. The van der Waals surface area contributed by atoms with Gasteiger partial charge in [0.1, 0.15) is 5.75 Å². The van der Waals surface area contributed by atoms with Gasteiger partial charge in [-0.1, -0.05) is 0 Å². The second-order valence-electron chi connectivity index (χ2n) is 4.36. The summed E-state index contributed by atoms with van der Waals surface area (Å²) in [5.41, 5.74) is 0.442. The van der Waals surface area contributed by atoms with Gasteiger partial charge in [-0.25, -0.2) is 0 Å². The fourth-order valence-electron chi connectivity index (χ4n) is 1.73. The van der Waals surface area contributed by atoms with Crippen molar-refractivity contribution in [3.05, 3.63) is 24.3 Å². The predicted molar refractivity (Wildman–Crippen MR) is 69.3 cm³/mol. The summed E-state index contributed by atoms with van der Waals surface area (Å²) in [7, 11) is 0. The number of rotatable bonds is 7. The molecule has 1 rings (SSSR count). The Balaban J connectivity index is 2.58. The molecule has 0 aliphatic heterocycles. The van der Waals surface area contributed by atoms with E-state index in [1.54, 1.807) is 0 Å². The second kappa shape index (κ2) is 7.13. The quantitative estimate of drug-likeness (QED) is 0.558. The predicted octanol–water partition coefficient (Wildman–Crippen LogP) is 1.29. The number of carboxylic acid groups (broad SMARTS) is 2. The number of benzene rings is 1. The Hall–Kier alpha value is -2.57. The zero-order valence-corrected chi connectivity index (χ0v) is 10.6. The van der Waals surface area contributed by atoms with Crippen LogP contribution >= 0.6 is 0 Å². The molecule has 0 aromatic heterocycles. The number of hydrogen-bond donors (Lipinski definition) is 4. The zero-order chi connectivity index (χ0) is 15.1. The third-order valence-corrected chi connectivity index (χ3v) is 2.55. The Morgan fingerprint density at radius 1 is 0.950 bits per heavy atom. The molecule has 20 heavy (non-hydrogen) atoms. The van der Waals surface area contributed by atoms with Crippen LogP contribution in [0.2, 0.25) is 0 Å². The number of aromatic hydroxyl groups is 1. The topological polar surface area (TPSA) is 124 Å². The third-order valence-electron chi connectivity index (χ3n) is 2.55. The summed E-state index contributed by atoms with van der Waals surface area (Å²) in [5, 5.41) is 29.0. The number of anilines is 1. The van der Waals surface area contributed by atoms with Gasteiger partial charge in [0.25, 0.3) is 0 Å². The van der Waals surface area contributed by atoms with Gasteiger partial charge in [0.05, 0.1) is 0 Å². The average molecular weight is 281 g/mol. The highest BCUT2D eigenvalue weighted by atomic mass is 16.4. The first-order chi connectivity index (χ1) is 9.36. The highest BCUT2D eigenvalue weighted by molar-refractivity contribution is 5.91. The molecule has 0 atom stereocenters. The first kappa shape index (κ1) is 15.5. The van der Waals surface area contributed by atoms with E-state index >= 15 is 0 Å². The molecule has 1 amide bonds. The summed E-state index contributed by atoms with van der Waals surface area (Å²) >= 11 is 0. The summed E-state index contributed by atoms with van der Waals surface area (Å²) < 4.78 is 0. The number of phenols is 1. The van der Waals surface area contributed by atoms with E-state index in [1.807, 2.05) is 0 Å². The van der Waals surface area contributed by atoms with Gasteiger partial charge in [-0.05, 0) is 30.2 Å². The maximum absolute atomic E-state index is 11.7. The number of amides is 1. The van der Waals surface area contributed by atoms with E-state index in [0.29, 0.717) is 5.69 Å². The largest absolute Gasteiger partial charge is 0.508 e. The van der Waals surface area contributed by atoms with Crippen LogP contribution < -0.4 is 5.32 Å². The molecule has 7 heteroatoms. The fraction of sp³-hybridized carbons (Fsp3) is 0.308. The molecular formula is C13H15NO6. The van der Waals surface area contributed by atoms with Gasteiger partial charge in [0.15, 0.2) is 0 Å². The van der Waals surface area contributed by atoms with Crippen molar-refractivity contribution in [2.75, 3.05) is 5.32 Å². The third kappa shape index (κ3) is 5.85. The molecule has 0 saturated heterocycles. The lowest BCUT2D eigenvalue weighted by Gasteiger charge is -2.12. The van der Waals surface area contributed by atoms with Crippen LogP contribution in [-0.4, -0.2) is 33.2 Å². The lowest BCUT2D eigenvalue weighted by molar-refractivity contribution is -0.140. The lowest BCUT2D eigenvalue weighted by atomic mass is 9.97. The van der Waals surface area contributed by atoms with Gasteiger partial charge in [-0.15, -0.1) is 0 Å². The highest BCUT2D eigenvalue weighted by Crippen LogP contribution is 2.17. The smallest absolute Gasteiger partial charge is 0.303 e. The van der Waals surface area contributed by atoms with E-state index in [0.717, 1.165) is 0 Å². The fourth-order valence-corrected chi connectivity index (χ4v) is 1.73. The SMILES string of the molecule is O=C(O)CC(CC(=O)O)CC(=O)Nc1ccc(O)cc1. The first-order valence-corrected chi connectivity index (χ1v) is 5.89. The van der Waals surface area contributed by atoms with Crippen LogP contribution in [0.1, 0.15) is 19.3 Å². The maximum atomic E-state index is 11.7. The van der Waals surface area contributed by atoms with Crippen LogP contribution in [0.4, 0.5) is 5.69 Å². The van der Waals surface area contributed by atoms with Crippen molar-refractivity contribution in [1.82, 2.24) is 0 Å². The molecule has 108 valence electrons. The maximum Gasteiger partial charge on any atom is 0.303 e. The van der Waals surface area contributed by atoms with Gasteiger partial charge < -0.3 is 20.6 Å². The first-order valence-electron chi connectivity index (χ1n) is 5.89. The van der Waals surface area contributed by atoms with Gasteiger partial charge >= 0.3 is 11.9 Å². The highest BCUT2D eigenvalue weighted by Gasteiger charge is 2.20. The molecule has 0 radical (unpaired) electrons. The Kier molecular flexibility index (Phi) is 5.52. The monoisotopic (exact) mass is 281 g/mol. The molecule has 4 N–H and O–H groups in total. The van der Waals surface area contributed by atoms with E-state index in [-0.39, 0.29) is 25.0 Å². The lowest BCUT2D eigenvalue weighted by Crippen LogP contribution is -2.20. The van der Waals surface area contributed by atoms with Crippen LogP contribution in [0.5, 0.6) is 5.75 Å². The van der Waals surface area contributed by atoms with E-state index < -0.39 is 23.8 Å². The van der Waals surface area contributed by atoms with Crippen LogP contribution in [0.15, 0.2) is 24.3 Å². The van der Waals surface area contributed by atoms with Crippen LogP contribution in [0.25, 0.3) is 0 Å². The van der Waals surface area contributed by atoms with Gasteiger partial charge in [-0.2, -0.15) is 0 Å². The minimum absolute atomic E-state index is 0.0534. The Morgan fingerprint density at radius 3 is 1.90 bits per heavy atom.